The maximum Gasteiger partial charge on any atom is 0.679 e. The van der Waals surface area contributed by atoms with Gasteiger partial charge in [0, 0.05) is 19.8 Å². The second-order valence-electron chi connectivity index (χ2n) is 4.24. The maximum absolute atomic E-state index is 9.78. The summed E-state index contributed by atoms with van der Waals surface area (Å²) in [6.07, 6.45) is -4.11. The van der Waals surface area contributed by atoms with Crippen LogP contribution in [0.1, 0.15) is 20.8 Å². The van der Waals surface area contributed by atoms with Crippen LogP contribution in [0.2, 0.25) is 0 Å². The van der Waals surface area contributed by atoms with Crippen molar-refractivity contribution in [3.05, 3.63) is 0 Å². The van der Waals surface area contributed by atoms with E-state index in [1.54, 1.807) is 20.8 Å². The normalized spacial score (nSPS) is 16.5. The van der Waals surface area contributed by atoms with Crippen LogP contribution in [0.3, 0.4) is 0 Å². The molecule has 4 N–H and O–H groups in total. The summed E-state index contributed by atoms with van der Waals surface area (Å²) in [5, 5.41) is 37.1. The largest absolute Gasteiger partial charge is 0.679 e. The quantitative estimate of drug-likeness (QED) is 0.222. The fraction of sp³-hybridized carbons (Fsp3) is 1.00. The Morgan fingerprint density at radius 2 is 1.32 bits per heavy atom. The molecule has 10 heteroatoms. The Kier molecular flexibility index (Phi) is 12.2. The summed E-state index contributed by atoms with van der Waals surface area (Å²) in [6.45, 7) is 5.05. The van der Waals surface area contributed by atoms with Gasteiger partial charge in [-0.05, 0) is 20.8 Å². The molecule has 0 aromatic carbocycles. The first-order chi connectivity index (χ1) is 10.4. The minimum absolute atomic E-state index is 0.310. The van der Waals surface area contributed by atoms with Gasteiger partial charge in [-0.15, -0.1) is 0 Å². The van der Waals surface area contributed by atoms with E-state index in [9.17, 15) is 10.2 Å². The summed E-state index contributed by atoms with van der Waals surface area (Å²) in [5.41, 5.74) is 0. The van der Waals surface area contributed by atoms with E-state index in [-0.39, 0.29) is 13.2 Å². The van der Waals surface area contributed by atoms with Crippen LogP contribution in [0.15, 0.2) is 0 Å². The summed E-state index contributed by atoms with van der Waals surface area (Å²) >= 11 is 0. The highest BCUT2D eigenvalue weighted by Crippen LogP contribution is 2.13. The van der Waals surface area contributed by atoms with E-state index in [0.29, 0.717) is 19.8 Å². The first-order valence-corrected chi connectivity index (χ1v) is 8.90. The summed E-state index contributed by atoms with van der Waals surface area (Å²) in [6, 6.07) is 0. The Hall–Kier alpha value is -0.143. The van der Waals surface area contributed by atoms with Crippen molar-refractivity contribution >= 4 is 9.05 Å². The predicted octanol–water partition coefficient (Wildman–Crippen LogP) is -1.40. The lowest BCUT2D eigenvalue weighted by Crippen LogP contribution is -2.51. The summed E-state index contributed by atoms with van der Waals surface area (Å²) in [4.78, 5) is 0. The van der Waals surface area contributed by atoms with Gasteiger partial charge in [0.2, 0.25) is 0 Å². The molecule has 0 amide bonds. The molecule has 0 aromatic heterocycles. The van der Waals surface area contributed by atoms with Gasteiger partial charge in [-0.1, -0.05) is 0 Å². The topological polar surface area (TPSA) is 127 Å². The van der Waals surface area contributed by atoms with Crippen molar-refractivity contribution in [2.45, 2.75) is 39.3 Å². The molecule has 0 bridgehead atoms. The maximum atomic E-state index is 9.78. The second-order valence-corrected chi connectivity index (χ2v) is 6.39. The number of hydrogen-bond donors (Lipinski definition) is 4. The minimum atomic E-state index is -3.37. The van der Waals surface area contributed by atoms with Gasteiger partial charge in [0.25, 0.3) is 0 Å². The molecule has 0 aliphatic carbocycles. The molecule has 0 saturated carbocycles. The van der Waals surface area contributed by atoms with Crippen LogP contribution in [-0.2, 0) is 22.4 Å². The second kappa shape index (κ2) is 12.3. The van der Waals surface area contributed by atoms with E-state index in [0.717, 1.165) is 0 Å². The number of rotatable bonds is 14. The van der Waals surface area contributed by atoms with Crippen molar-refractivity contribution in [2.24, 2.45) is 0 Å². The molecule has 9 nitrogen and oxygen atoms in total. The zero-order valence-electron chi connectivity index (χ0n) is 13.3. The molecule has 0 aliphatic rings. The smallest absolute Gasteiger partial charge is 0.394 e. The lowest BCUT2D eigenvalue weighted by atomic mass is 10.3. The zero-order valence-corrected chi connectivity index (χ0v) is 14.3. The minimum Gasteiger partial charge on any atom is -0.394 e. The molecule has 0 rings (SSSR count). The summed E-state index contributed by atoms with van der Waals surface area (Å²) < 4.78 is 26.5. The van der Waals surface area contributed by atoms with Crippen LogP contribution in [0.4, 0.5) is 0 Å². The van der Waals surface area contributed by atoms with Crippen molar-refractivity contribution in [2.75, 3.05) is 39.6 Å². The Bertz CT molecular complexity index is 252. The van der Waals surface area contributed by atoms with Gasteiger partial charge in [0.05, 0.1) is 19.8 Å². The predicted molar refractivity (Wildman–Crippen MR) is 77.6 cm³/mol. The van der Waals surface area contributed by atoms with Crippen molar-refractivity contribution < 1.29 is 42.9 Å². The number of aliphatic hydroxyl groups excluding tert-OH is 4. The molecule has 0 spiro atoms. The molecule has 0 radical (unpaired) electrons. The van der Waals surface area contributed by atoms with Crippen LogP contribution >= 0.6 is 0 Å². The first-order valence-electron chi connectivity index (χ1n) is 7.27. The van der Waals surface area contributed by atoms with E-state index in [1.165, 1.54) is 0 Å². The first kappa shape index (κ1) is 21.9. The van der Waals surface area contributed by atoms with Crippen LogP contribution in [0, 0.1) is 0 Å². The van der Waals surface area contributed by atoms with E-state index < -0.39 is 34.2 Å². The third-order valence-corrected chi connectivity index (χ3v) is 4.84. The molecule has 22 heavy (non-hydrogen) atoms. The van der Waals surface area contributed by atoms with Gasteiger partial charge >= 0.3 is 9.05 Å². The van der Waals surface area contributed by atoms with Gasteiger partial charge in [0.15, 0.2) is 6.29 Å². The van der Waals surface area contributed by atoms with Crippen LogP contribution < -0.4 is 0 Å². The van der Waals surface area contributed by atoms with Crippen LogP contribution in [-0.4, -0.2) is 87.6 Å². The van der Waals surface area contributed by atoms with E-state index in [4.69, 9.17) is 32.7 Å². The molecular formula is C12H28O9Si. The summed E-state index contributed by atoms with van der Waals surface area (Å²) in [7, 11) is -3.37. The zero-order chi connectivity index (χ0) is 17.0. The highest BCUT2D eigenvalue weighted by Gasteiger charge is 2.45. The monoisotopic (exact) mass is 344 g/mol. The van der Waals surface area contributed by atoms with Gasteiger partial charge in [-0.3, -0.25) is 0 Å². The average molecular weight is 344 g/mol. The van der Waals surface area contributed by atoms with Crippen molar-refractivity contribution in [1.29, 1.82) is 0 Å². The molecular weight excluding hydrogens is 316 g/mol. The van der Waals surface area contributed by atoms with E-state index in [2.05, 4.69) is 0 Å². The molecule has 0 heterocycles. The molecule has 0 aliphatic heterocycles. The fourth-order valence-corrected chi connectivity index (χ4v) is 3.36. The number of ether oxygens (including phenoxy) is 1. The molecule has 3 unspecified atom stereocenters. The Balaban J connectivity index is 4.42. The fourth-order valence-electron chi connectivity index (χ4n) is 1.42. The van der Waals surface area contributed by atoms with Crippen molar-refractivity contribution in [3.63, 3.8) is 0 Å². The lowest BCUT2D eigenvalue weighted by molar-refractivity contribution is -0.188. The van der Waals surface area contributed by atoms with E-state index in [1.807, 2.05) is 0 Å². The Labute approximate surface area is 131 Å². The third kappa shape index (κ3) is 8.48. The van der Waals surface area contributed by atoms with Gasteiger partial charge in [-0.2, -0.15) is 0 Å². The SMILES string of the molecule is CCO[Si](OCC)(OCC)OCC(O)C(O)OCC(O)CO. The summed E-state index contributed by atoms with van der Waals surface area (Å²) in [5.74, 6) is 0. The highest BCUT2D eigenvalue weighted by molar-refractivity contribution is 6.53. The third-order valence-electron chi connectivity index (χ3n) is 2.39. The van der Waals surface area contributed by atoms with Crippen LogP contribution in [0.5, 0.6) is 0 Å². The van der Waals surface area contributed by atoms with E-state index >= 15 is 0 Å². The van der Waals surface area contributed by atoms with Crippen molar-refractivity contribution in [1.82, 2.24) is 0 Å². The molecule has 0 saturated heterocycles. The molecule has 0 aromatic rings. The average Bonchev–Trinajstić information content (AvgIpc) is 2.50. The standard InChI is InChI=1S/C12H28O9Si/c1-4-18-22(19-5-2,20-6-3)21-9-11(15)12(16)17-8-10(14)7-13/h10-16H,4-9H2,1-3H3. The number of aliphatic hydroxyl groups is 4. The highest BCUT2D eigenvalue weighted by atomic mass is 28.4. The number of hydrogen-bond acceptors (Lipinski definition) is 9. The lowest BCUT2D eigenvalue weighted by Gasteiger charge is -2.28. The van der Waals surface area contributed by atoms with Gasteiger partial charge in [-0.25, -0.2) is 0 Å². The molecule has 0 fully saturated rings. The Morgan fingerprint density at radius 3 is 1.73 bits per heavy atom. The van der Waals surface area contributed by atoms with Gasteiger partial charge in [0.1, 0.15) is 12.2 Å². The van der Waals surface area contributed by atoms with Crippen LogP contribution in [0.25, 0.3) is 0 Å². The van der Waals surface area contributed by atoms with Gasteiger partial charge < -0.3 is 42.9 Å². The Morgan fingerprint density at radius 1 is 0.818 bits per heavy atom. The molecule has 134 valence electrons. The molecule has 3 atom stereocenters. The van der Waals surface area contributed by atoms with Crippen molar-refractivity contribution in [3.8, 4) is 0 Å².